The molecule has 1 fully saturated rings. The van der Waals surface area contributed by atoms with Crippen molar-refractivity contribution in [1.82, 2.24) is 14.1 Å². The van der Waals surface area contributed by atoms with Crippen molar-refractivity contribution in [2.45, 2.75) is 62.9 Å². The molecule has 2 heterocycles. The van der Waals surface area contributed by atoms with Gasteiger partial charge in [-0.05, 0) is 43.0 Å². The van der Waals surface area contributed by atoms with Gasteiger partial charge in [0.25, 0.3) is 15.9 Å². The number of aromatic nitrogens is 2. The van der Waals surface area contributed by atoms with Gasteiger partial charge in [-0.3, -0.25) is 9.20 Å². The van der Waals surface area contributed by atoms with Gasteiger partial charge in [-0.25, -0.2) is 18.1 Å². The van der Waals surface area contributed by atoms with E-state index in [1.807, 2.05) is 44.2 Å². The molecule has 4 rings (SSSR count). The highest BCUT2D eigenvalue weighted by atomic mass is 32.2. The quantitative estimate of drug-likeness (QED) is 0.597. The van der Waals surface area contributed by atoms with Crippen molar-refractivity contribution in [2.24, 2.45) is 0 Å². The second-order valence-corrected chi connectivity index (χ2v) is 10.0. The number of hydrogen-bond donors (Lipinski definition) is 2. The van der Waals surface area contributed by atoms with Gasteiger partial charge in [-0.1, -0.05) is 51.3 Å². The Morgan fingerprint density at radius 3 is 2.48 bits per heavy atom. The Balaban J connectivity index is 1.69. The van der Waals surface area contributed by atoms with Gasteiger partial charge in [0.15, 0.2) is 5.03 Å². The first-order valence-corrected chi connectivity index (χ1v) is 12.2. The van der Waals surface area contributed by atoms with Crippen LogP contribution in [0.1, 0.15) is 67.9 Å². The van der Waals surface area contributed by atoms with Gasteiger partial charge in [-0.15, -0.1) is 0 Å². The van der Waals surface area contributed by atoms with Crippen LogP contribution in [0.4, 0.5) is 5.69 Å². The number of nitrogens with one attached hydrogen (secondary N) is 2. The van der Waals surface area contributed by atoms with E-state index in [2.05, 4.69) is 15.0 Å². The lowest BCUT2D eigenvalue weighted by Gasteiger charge is -2.23. The normalized spacial score (nSPS) is 15.5. The Labute approximate surface area is 182 Å². The summed E-state index contributed by atoms with van der Waals surface area (Å²) in [6, 6.07) is 12.4. The van der Waals surface area contributed by atoms with E-state index in [4.69, 9.17) is 0 Å². The number of para-hydroxylation sites is 1. The van der Waals surface area contributed by atoms with Crippen molar-refractivity contribution in [3.8, 4) is 0 Å². The summed E-state index contributed by atoms with van der Waals surface area (Å²) in [7, 11) is -3.75. The number of carbonyl (C=O) groups excluding carboxylic acids is 1. The van der Waals surface area contributed by atoms with E-state index >= 15 is 0 Å². The Hall–Kier alpha value is -2.71. The highest BCUT2D eigenvalue weighted by Gasteiger charge is 2.30. The van der Waals surface area contributed by atoms with Crippen LogP contribution in [0.5, 0.6) is 0 Å². The largest absolute Gasteiger partial charge is 0.322 e. The minimum absolute atomic E-state index is 0.0414. The van der Waals surface area contributed by atoms with E-state index < -0.39 is 10.0 Å². The highest BCUT2D eigenvalue weighted by molar-refractivity contribution is 7.89. The van der Waals surface area contributed by atoms with E-state index in [1.54, 1.807) is 22.7 Å². The van der Waals surface area contributed by atoms with E-state index in [0.29, 0.717) is 22.6 Å². The third kappa shape index (κ3) is 4.65. The molecule has 0 saturated heterocycles. The number of imidazole rings is 1. The maximum atomic E-state index is 13.3. The van der Waals surface area contributed by atoms with Crippen LogP contribution in [0.15, 0.2) is 53.7 Å². The van der Waals surface area contributed by atoms with Gasteiger partial charge in [0, 0.05) is 23.5 Å². The molecule has 0 radical (unpaired) electrons. The lowest BCUT2D eigenvalue weighted by molar-refractivity contribution is 0.102. The maximum absolute atomic E-state index is 13.3. The molecule has 8 heteroatoms. The molecule has 0 atom stereocenters. The fourth-order valence-electron chi connectivity index (χ4n) is 4.05. The summed E-state index contributed by atoms with van der Waals surface area (Å²) in [5.41, 5.74) is 2.05. The summed E-state index contributed by atoms with van der Waals surface area (Å²) in [5, 5.41) is 3.01. The molecule has 2 N–H and O–H groups in total. The average molecular weight is 441 g/mol. The second kappa shape index (κ2) is 8.80. The van der Waals surface area contributed by atoms with Crippen LogP contribution in [0.25, 0.3) is 5.65 Å². The third-order valence-electron chi connectivity index (χ3n) is 5.63. The molecule has 1 aromatic carbocycles. The van der Waals surface area contributed by atoms with Gasteiger partial charge in [-0.2, -0.15) is 0 Å². The van der Waals surface area contributed by atoms with Gasteiger partial charge in [0.2, 0.25) is 0 Å². The molecule has 0 unspecified atom stereocenters. The third-order valence-corrected chi connectivity index (χ3v) is 7.19. The molecule has 1 amide bonds. The molecule has 0 bridgehead atoms. The minimum Gasteiger partial charge on any atom is -0.322 e. The molecule has 0 spiro atoms. The first-order chi connectivity index (χ1) is 14.8. The predicted octanol–water partition coefficient (Wildman–Crippen LogP) is 4.32. The number of pyridine rings is 1. The fourth-order valence-corrected chi connectivity index (χ4v) is 5.80. The smallest absolute Gasteiger partial charge is 0.258 e. The first kappa shape index (κ1) is 21.5. The van der Waals surface area contributed by atoms with Crippen LogP contribution in [0, 0.1) is 0 Å². The van der Waals surface area contributed by atoms with Crippen molar-refractivity contribution in [3.05, 3.63) is 59.9 Å². The lowest BCUT2D eigenvalue weighted by atomic mass is 9.96. The number of amides is 1. The topological polar surface area (TPSA) is 92.6 Å². The van der Waals surface area contributed by atoms with Gasteiger partial charge in [0.05, 0.1) is 5.69 Å². The van der Waals surface area contributed by atoms with E-state index in [-0.39, 0.29) is 22.9 Å². The second-order valence-electron chi connectivity index (χ2n) is 8.38. The van der Waals surface area contributed by atoms with Crippen LogP contribution in [-0.4, -0.2) is 29.8 Å². The molecule has 164 valence electrons. The van der Waals surface area contributed by atoms with Gasteiger partial charge >= 0.3 is 0 Å². The number of rotatable bonds is 6. The summed E-state index contributed by atoms with van der Waals surface area (Å²) in [6.07, 6.45) is 6.56. The number of anilines is 1. The van der Waals surface area contributed by atoms with E-state index in [1.165, 1.54) is 0 Å². The predicted molar refractivity (Wildman–Crippen MR) is 121 cm³/mol. The maximum Gasteiger partial charge on any atom is 0.258 e. The number of nitrogens with zero attached hydrogens (tertiary/aromatic N) is 2. The van der Waals surface area contributed by atoms with Crippen molar-refractivity contribution in [1.29, 1.82) is 0 Å². The van der Waals surface area contributed by atoms with Gasteiger partial charge in [0.1, 0.15) is 5.65 Å². The van der Waals surface area contributed by atoms with E-state index in [0.717, 1.165) is 32.1 Å². The number of fused-ring (bicyclic) bond motifs is 1. The zero-order valence-electron chi connectivity index (χ0n) is 17.8. The Morgan fingerprint density at radius 1 is 1.10 bits per heavy atom. The molecule has 2 aromatic heterocycles. The van der Waals surface area contributed by atoms with Crippen LogP contribution < -0.4 is 10.0 Å². The molecule has 1 saturated carbocycles. The molecule has 1 aliphatic carbocycles. The number of benzene rings is 1. The lowest BCUT2D eigenvalue weighted by Crippen LogP contribution is -2.37. The number of carbonyl (C=O) groups is 1. The Morgan fingerprint density at radius 2 is 1.81 bits per heavy atom. The SMILES string of the molecule is CC(C)c1nc2cc(C(=O)Nc3ccccc3)ccn2c1S(=O)(=O)NC1CCCCC1. The Kier molecular flexibility index (Phi) is 6.11. The summed E-state index contributed by atoms with van der Waals surface area (Å²) in [5.74, 6) is -0.355. The highest BCUT2D eigenvalue weighted by Crippen LogP contribution is 2.27. The molecule has 1 aliphatic rings. The summed E-state index contributed by atoms with van der Waals surface area (Å²) in [4.78, 5) is 17.2. The van der Waals surface area contributed by atoms with Crippen LogP contribution in [-0.2, 0) is 10.0 Å². The monoisotopic (exact) mass is 440 g/mol. The number of sulfonamides is 1. The first-order valence-electron chi connectivity index (χ1n) is 10.8. The zero-order chi connectivity index (χ0) is 22.0. The Bertz CT molecular complexity index is 1180. The molecule has 3 aromatic rings. The van der Waals surface area contributed by atoms with Gasteiger partial charge < -0.3 is 5.32 Å². The van der Waals surface area contributed by atoms with Crippen LogP contribution >= 0.6 is 0 Å². The summed E-state index contributed by atoms with van der Waals surface area (Å²) in [6.45, 7) is 3.84. The van der Waals surface area contributed by atoms with Crippen molar-refractivity contribution in [3.63, 3.8) is 0 Å². The van der Waals surface area contributed by atoms with Crippen LogP contribution in [0.2, 0.25) is 0 Å². The fraction of sp³-hybridized carbons (Fsp3) is 0.391. The average Bonchev–Trinajstić information content (AvgIpc) is 3.15. The number of hydrogen-bond acceptors (Lipinski definition) is 4. The zero-order valence-corrected chi connectivity index (χ0v) is 18.7. The molecular formula is C23H28N4O3S. The molecular weight excluding hydrogens is 412 g/mol. The standard InChI is InChI=1S/C23H28N4O3S/c1-16(2)21-23(31(29,30)26-19-11-7-4-8-12-19)27-14-13-17(15-20(27)25-21)22(28)24-18-9-5-3-6-10-18/h3,5-6,9-10,13-16,19,26H,4,7-8,11-12H2,1-2H3,(H,24,28). The molecule has 0 aliphatic heterocycles. The van der Waals surface area contributed by atoms with Crippen LogP contribution in [0.3, 0.4) is 0 Å². The van der Waals surface area contributed by atoms with Crippen molar-refractivity contribution < 1.29 is 13.2 Å². The van der Waals surface area contributed by atoms with Crippen molar-refractivity contribution >= 4 is 27.3 Å². The van der Waals surface area contributed by atoms with Crippen molar-refractivity contribution in [2.75, 3.05) is 5.32 Å². The molecule has 7 nitrogen and oxygen atoms in total. The summed E-state index contributed by atoms with van der Waals surface area (Å²) < 4.78 is 31.1. The minimum atomic E-state index is -3.75. The summed E-state index contributed by atoms with van der Waals surface area (Å²) >= 11 is 0. The van der Waals surface area contributed by atoms with E-state index in [9.17, 15) is 13.2 Å². The molecule has 31 heavy (non-hydrogen) atoms.